The fourth-order valence-electron chi connectivity index (χ4n) is 0.617. The van der Waals surface area contributed by atoms with Crippen LogP contribution in [0, 0.1) is 0 Å². The molecule has 62 valence electrons. The zero-order valence-corrected chi connectivity index (χ0v) is 6.71. The molecule has 0 saturated heterocycles. The second kappa shape index (κ2) is 5.84. The maximum absolute atomic E-state index is 10.2. The van der Waals surface area contributed by atoms with E-state index >= 15 is 0 Å². The molecule has 11 heavy (non-hydrogen) atoms. The first-order valence-corrected chi connectivity index (χ1v) is 4.00. The highest BCUT2D eigenvalue weighted by atomic mass is 32.2. The van der Waals surface area contributed by atoms with Crippen molar-refractivity contribution in [1.29, 1.82) is 0 Å². The molecule has 0 aromatic rings. The lowest BCUT2D eigenvalue weighted by atomic mass is 10.2. The average molecular weight is 174 g/mol. The van der Waals surface area contributed by atoms with Gasteiger partial charge in [0.25, 0.3) is 0 Å². The quantitative estimate of drug-likeness (QED) is 0.291. The molecule has 0 unspecified atom stereocenters. The van der Waals surface area contributed by atoms with Gasteiger partial charge in [0.15, 0.2) is 0 Å². The van der Waals surface area contributed by atoms with Crippen LogP contribution in [0.15, 0.2) is 24.3 Å². The average Bonchev–Trinajstić information content (AvgIpc) is 2.10. The maximum atomic E-state index is 10.2. The van der Waals surface area contributed by atoms with Gasteiger partial charge in [-0.3, -0.25) is 11.7 Å². The van der Waals surface area contributed by atoms with E-state index in [9.17, 15) is 8.42 Å². The van der Waals surface area contributed by atoms with E-state index in [0.717, 1.165) is 0 Å². The van der Waals surface area contributed by atoms with Crippen LogP contribution in [-0.4, -0.2) is 13.3 Å². The van der Waals surface area contributed by atoms with Crippen LogP contribution >= 0.6 is 0 Å². The molecule has 1 aliphatic rings. The van der Waals surface area contributed by atoms with Gasteiger partial charge in [-0.05, 0) is 6.08 Å². The minimum Gasteiger partial charge on any atom is -0.274 e. The van der Waals surface area contributed by atoms with E-state index in [-0.39, 0.29) is 0 Å². The number of hydrogen-bond donors (Lipinski definition) is 2. The summed E-state index contributed by atoms with van der Waals surface area (Å²) in [5.74, 6) is 8.00. The van der Waals surface area contributed by atoms with Crippen molar-refractivity contribution in [1.82, 2.24) is 0 Å². The Balaban J connectivity index is 0.000000461. The first-order valence-electron chi connectivity index (χ1n) is 2.92. The molecule has 0 aromatic heterocycles. The minimum atomic E-state index is -2.02. The molecule has 0 aliphatic heterocycles. The van der Waals surface area contributed by atoms with Crippen molar-refractivity contribution in [3.8, 4) is 0 Å². The summed E-state index contributed by atoms with van der Waals surface area (Å²) >= 11 is 0. The molecular weight excluding hydrogens is 164 g/mol. The fraction of sp³-hybridized carbons (Fsp3) is 0.167. The van der Waals surface area contributed by atoms with E-state index in [1.807, 2.05) is 12.2 Å². The third kappa shape index (κ3) is 3.72. The standard InChI is InChI=1S/C6H6O2S.H4N2/c7-9(8)6-4-2-1-3-5-6;1-2/h1-4H,5H2;1-2H2. The van der Waals surface area contributed by atoms with E-state index in [1.54, 1.807) is 12.2 Å². The molecule has 0 aromatic carbocycles. The summed E-state index contributed by atoms with van der Waals surface area (Å²) in [6, 6.07) is 0. The number of nitrogens with two attached hydrogens (primary N) is 2. The number of rotatable bonds is 0. The Morgan fingerprint density at radius 1 is 1.27 bits per heavy atom. The van der Waals surface area contributed by atoms with Gasteiger partial charge in [-0.15, -0.1) is 0 Å². The molecule has 0 bridgehead atoms. The van der Waals surface area contributed by atoms with Gasteiger partial charge in [-0.2, -0.15) is 8.42 Å². The lowest BCUT2D eigenvalue weighted by molar-refractivity contribution is 0.627. The van der Waals surface area contributed by atoms with Crippen LogP contribution in [0.3, 0.4) is 0 Å². The Morgan fingerprint density at radius 2 is 1.91 bits per heavy atom. The lowest BCUT2D eigenvalue weighted by Crippen LogP contribution is -2.02. The SMILES string of the molecule is NN.O=S(=O)=C1C=CC=CC1. The topological polar surface area (TPSA) is 86.2 Å². The molecule has 0 atom stereocenters. The third-order valence-corrected chi connectivity index (χ3v) is 1.79. The second-order valence-electron chi connectivity index (χ2n) is 1.69. The van der Waals surface area contributed by atoms with Crippen molar-refractivity contribution in [3.05, 3.63) is 24.3 Å². The third-order valence-electron chi connectivity index (χ3n) is 1.06. The van der Waals surface area contributed by atoms with Crippen molar-refractivity contribution in [2.24, 2.45) is 11.7 Å². The van der Waals surface area contributed by atoms with Crippen molar-refractivity contribution in [2.75, 3.05) is 0 Å². The number of hydrogen-bond acceptors (Lipinski definition) is 4. The molecule has 1 rings (SSSR count). The normalized spacial score (nSPS) is 13.8. The molecule has 5 heteroatoms. The lowest BCUT2D eigenvalue weighted by Gasteiger charge is -1.91. The molecule has 0 heterocycles. The highest BCUT2D eigenvalue weighted by molar-refractivity contribution is 7.73. The van der Waals surface area contributed by atoms with Crippen LogP contribution in [0.4, 0.5) is 0 Å². The number of allylic oxidation sites excluding steroid dienone is 4. The van der Waals surface area contributed by atoms with Crippen molar-refractivity contribution < 1.29 is 8.42 Å². The Morgan fingerprint density at radius 3 is 2.18 bits per heavy atom. The minimum absolute atomic E-state index is 0.456. The van der Waals surface area contributed by atoms with E-state index < -0.39 is 10.3 Å². The first-order chi connectivity index (χ1) is 5.30. The van der Waals surface area contributed by atoms with Gasteiger partial charge in [0.1, 0.15) is 0 Å². The summed E-state index contributed by atoms with van der Waals surface area (Å²) in [6.45, 7) is 0. The Hall–Kier alpha value is -0.910. The molecular formula is C6H10N2O2S. The Kier molecular flexibility index (Phi) is 5.36. The summed E-state index contributed by atoms with van der Waals surface area (Å²) in [4.78, 5) is 0.456. The summed E-state index contributed by atoms with van der Waals surface area (Å²) in [6.07, 6.45) is 7.49. The van der Waals surface area contributed by atoms with Crippen molar-refractivity contribution >= 4 is 15.2 Å². The predicted molar refractivity (Wildman–Crippen MR) is 45.2 cm³/mol. The molecule has 4 N–H and O–H groups in total. The number of hydrazine groups is 1. The largest absolute Gasteiger partial charge is 0.274 e. The molecule has 0 saturated carbocycles. The van der Waals surface area contributed by atoms with E-state index in [1.165, 1.54) is 0 Å². The first kappa shape index (κ1) is 10.1. The van der Waals surface area contributed by atoms with Crippen molar-refractivity contribution in [2.45, 2.75) is 6.42 Å². The van der Waals surface area contributed by atoms with Crippen molar-refractivity contribution in [3.63, 3.8) is 0 Å². The molecule has 0 amide bonds. The van der Waals surface area contributed by atoms with Gasteiger partial charge < -0.3 is 0 Å². The Bertz CT molecular complexity index is 280. The molecule has 1 aliphatic carbocycles. The second-order valence-corrected chi connectivity index (χ2v) is 2.69. The van der Waals surface area contributed by atoms with Gasteiger partial charge in [0, 0.05) is 6.42 Å². The Labute approximate surface area is 66.7 Å². The van der Waals surface area contributed by atoms with E-state index in [4.69, 9.17) is 0 Å². The smallest absolute Gasteiger partial charge is 0.217 e. The molecule has 0 radical (unpaired) electrons. The van der Waals surface area contributed by atoms with E-state index in [0.29, 0.717) is 11.3 Å². The van der Waals surface area contributed by atoms with Gasteiger partial charge in [-0.1, -0.05) is 18.2 Å². The monoisotopic (exact) mass is 174 g/mol. The molecule has 4 nitrogen and oxygen atoms in total. The summed E-state index contributed by atoms with van der Waals surface area (Å²) in [5, 5.41) is 0. The van der Waals surface area contributed by atoms with Crippen LogP contribution in [0.5, 0.6) is 0 Å². The van der Waals surface area contributed by atoms with Crippen LogP contribution in [-0.2, 0) is 10.3 Å². The zero-order chi connectivity index (χ0) is 8.69. The highest BCUT2D eigenvalue weighted by Crippen LogP contribution is 1.96. The van der Waals surface area contributed by atoms with Gasteiger partial charge in [0.05, 0.1) is 4.86 Å². The van der Waals surface area contributed by atoms with Crippen LogP contribution in [0.2, 0.25) is 0 Å². The van der Waals surface area contributed by atoms with Crippen LogP contribution in [0.1, 0.15) is 6.42 Å². The van der Waals surface area contributed by atoms with Crippen LogP contribution in [0.25, 0.3) is 0 Å². The maximum Gasteiger partial charge on any atom is 0.217 e. The van der Waals surface area contributed by atoms with Gasteiger partial charge in [0.2, 0.25) is 10.3 Å². The van der Waals surface area contributed by atoms with E-state index in [2.05, 4.69) is 11.7 Å². The zero-order valence-electron chi connectivity index (χ0n) is 5.90. The predicted octanol–water partition coefficient (Wildman–Crippen LogP) is -0.627. The molecule has 0 spiro atoms. The van der Waals surface area contributed by atoms with Gasteiger partial charge in [-0.25, -0.2) is 0 Å². The highest BCUT2D eigenvalue weighted by Gasteiger charge is 1.94. The van der Waals surface area contributed by atoms with Gasteiger partial charge >= 0.3 is 0 Å². The molecule has 0 fully saturated rings. The summed E-state index contributed by atoms with van der Waals surface area (Å²) in [5.41, 5.74) is 0. The van der Waals surface area contributed by atoms with Crippen LogP contribution < -0.4 is 11.7 Å². The summed E-state index contributed by atoms with van der Waals surface area (Å²) in [7, 11) is -2.02. The summed E-state index contributed by atoms with van der Waals surface area (Å²) < 4.78 is 20.5. The fourth-order valence-corrected chi connectivity index (χ4v) is 1.04.